The lowest BCUT2D eigenvalue weighted by molar-refractivity contribution is 0.391. The monoisotopic (exact) mass is 248 g/mol. The predicted molar refractivity (Wildman–Crippen MR) is 66.6 cm³/mol. The fraction of sp³-hybridized carbons (Fsp3) is 1.00. The molecule has 0 aromatic heterocycles. The lowest BCUT2D eigenvalue weighted by Crippen LogP contribution is -2.42. The molecule has 96 valence electrons. The molecule has 0 spiro atoms. The Hall–Kier alpha value is -0.130. The molecule has 0 aliphatic heterocycles. The van der Waals surface area contributed by atoms with Gasteiger partial charge in [0.15, 0.2) is 0 Å². The maximum atomic E-state index is 11.9. The van der Waals surface area contributed by atoms with E-state index in [4.69, 9.17) is 5.73 Å². The molecule has 1 fully saturated rings. The summed E-state index contributed by atoms with van der Waals surface area (Å²) in [6.07, 6.45) is 3.40. The fourth-order valence-corrected chi connectivity index (χ4v) is 2.99. The second kappa shape index (κ2) is 5.02. The van der Waals surface area contributed by atoms with E-state index in [-0.39, 0.29) is 0 Å². The van der Waals surface area contributed by atoms with E-state index < -0.39 is 14.8 Å². The Morgan fingerprint density at radius 1 is 1.25 bits per heavy atom. The Kier molecular flexibility index (Phi) is 4.37. The highest BCUT2D eigenvalue weighted by molar-refractivity contribution is 7.90. The first-order valence-electron chi connectivity index (χ1n) is 5.97. The summed E-state index contributed by atoms with van der Waals surface area (Å²) in [5.41, 5.74) is 5.67. The van der Waals surface area contributed by atoms with Gasteiger partial charge in [0.05, 0.1) is 4.75 Å². The van der Waals surface area contributed by atoms with Crippen LogP contribution in [0.25, 0.3) is 0 Å². The van der Waals surface area contributed by atoms with Gasteiger partial charge in [0.25, 0.3) is 0 Å². The highest BCUT2D eigenvalue weighted by Gasteiger charge is 2.32. The summed E-state index contributed by atoms with van der Waals surface area (Å²) in [5.74, 6) is 0.907. The molecular weight excluding hydrogens is 224 g/mol. The van der Waals surface area contributed by atoms with E-state index in [9.17, 15) is 8.42 Å². The number of sulfonamides is 1. The first-order chi connectivity index (χ1) is 7.28. The first kappa shape index (κ1) is 13.9. The molecule has 0 amide bonds. The largest absolute Gasteiger partial charge is 0.330 e. The number of nitrogens with two attached hydrogens (primary N) is 1. The molecule has 2 unspecified atom stereocenters. The van der Waals surface area contributed by atoms with E-state index in [0.717, 1.165) is 12.8 Å². The zero-order valence-corrected chi connectivity index (χ0v) is 11.3. The van der Waals surface area contributed by atoms with Crippen molar-refractivity contribution < 1.29 is 8.42 Å². The second-order valence-electron chi connectivity index (χ2n) is 5.65. The Labute approximate surface area is 99.0 Å². The molecule has 0 aromatic rings. The van der Waals surface area contributed by atoms with Crippen LogP contribution in [0.1, 0.15) is 40.0 Å². The van der Waals surface area contributed by atoms with Crippen LogP contribution in [-0.4, -0.2) is 26.3 Å². The molecule has 0 heterocycles. The summed E-state index contributed by atoms with van der Waals surface area (Å²) < 4.78 is 25.7. The lowest BCUT2D eigenvalue weighted by atomic mass is 9.97. The molecule has 0 bridgehead atoms. The summed E-state index contributed by atoms with van der Waals surface area (Å²) in [5, 5.41) is 0. The molecule has 0 radical (unpaired) electrons. The van der Waals surface area contributed by atoms with Crippen LogP contribution < -0.4 is 10.5 Å². The zero-order valence-electron chi connectivity index (χ0n) is 10.5. The van der Waals surface area contributed by atoms with Gasteiger partial charge < -0.3 is 5.73 Å². The van der Waals surface area contributed by atoms with Gasteiger partial charge in [0, 0.05) is 6.54 Å². The van der Waals surface area contributed by atoms with Crippen molar-refractivity contribution in [2.75, 3.05) is 13.1 Å². The van der Waals surface area contributed by atoms with Crippen LogP contribution in [0.2, 0.25) is 0 Å². The molecular formula is C11H24N2O2S. The van der Waals surface area contributed by atoms with E-state index in [1.165, 1.54) is 6.42 Å². The van der Waals surface area contributed by atoms with Crippen LogP contribution in [0.4, 0.5) is 0 Å². The predicted octanol–water partition coefficient (Wildman–Crippen LogP) is 1.08. The van der Waals surface area contributed by atoms with Gasteiger partial charge in [0.2, 0.25) is 10.0 Å². The smallest absolute Gasteiger partial charge is 0.216 e. The SMILES string of the molecule is CC(C)(C)S(=O)(=O)NCC1CCCC1CN. The lowest BCUT2D eigenvalue weighted by Gasteiger charge is -2.23. The molecule has 3 N–H and O–H groups in total. The van der Waals surface area contributed by atoms with Gasteiger partial charge >= 0.3 is 0 Å². The Morgan fingerprint density at radius 2 is 1.81 bits per heavy atom. The molecule has 0 aromatic carbocycles. The van der Waals surface area contributed by atoms with Crippen LogP contribution in [-0.2, 0) is 10.0 Å². The summed E-state index contributed by atoms with van der Waals surface area (Å²) in [6, 6.07) is 0. The van der Waals surface area contributed by atoms with Crippen molar-refractivity contribution in [1.29, 1.82) is 0 Å². The third-order valence-corrected chi connectivity index (χ3v) is 5.62. The molecule has 1 aliphatic carbocycles. The van der Waals surface area contributed by atoms with Gasteiger partial charge in [-0.3, -0.25) is 0 Å². The standard InChI is InChI=1S/C11H24N2O2S/c1-11(2,3)16(14,15)13-8-10-6-4-5-9(10)7-12/h9-10,13H,4-8,12H2,1-3H3. The van der Waals surface area contributed by atoms with Gasteiger partial charge in [-0.05, 0) is 52.0 Å². The molecule has 1 aliphatic rings. The highest BCUT2D eigenvalue weighted by atomic mass is 32.2. The van der Waals surface area contributed by atoms with Crippen LogP contribution in [0, 0.1) is 11.8 Å². The van der Waals surface area contributed by atoms with Crippen molar-refractivity contribution in [3.8, 4) is 0 Å². The zero-order chi connectivity index (χ0) is 12.4. The Bertz CT molecular complexity index is 319. The van der Waals surface area contributed by atoms with Crippen molar-refractivity contribution in [3.05, 3.63) is 0 Å². The van der Waals surface area contributed by atoms with Gasteiger partial charge in [0.1, 0.15) is 0 Å². The third-order valence-electron chi connectivity index (χ3n) is 3.46. The quantitative estimate of drug-likeness (QED) is 0.782. The van der Waals surface area contributed by atoms with E-state index >= 15 is 0 Å². The van der Waals surface area contributed by atoms with Gasteiger partial charge in [-0.25, -0.2) is 13.1 Å². The van der Waals surface area contributed by atoms with Crippen LogP contribution >= 0.6 is 0 Å². The molecule has 16 heavy (non-hydrogen) atoms. The Balaban J connectivity index is 2.52. The summed E-state index contributed by atoms with van der Waals surface area (Å²) >= 11 is 0. The number of hydrogen-bond acceptors (Lipinski definition) is 3. The summed E-state index contributed by atoms with van der Waals surface area (Å²) in [6.45, 7) is 6.35. The maximum absolute atomic E-state index is 11.9. The fourth-order valence-electron chi connectivity index (χ4n) is 2.13. The third kappa shape index (κ3) is 3.18. The minimum absolute atomic E-state index is 0.419. The summed E-state index contributed by atoms with van der Waals surface area (Å²) in [7, 11) is -3.21. The summed E-state index contributed by atoms with van der Waals surface area (Å²) in [4.78, 5) is 0. The van der Waals surface area contributed by atoms with Crippen LogP contribution in [0.3, 0.4) is 0 Å². The molecule has 2 atom stereocenters. The van der Waals surface area contributed by atoms with Gasteiger partial charge in [-0.15, -0.1) is 0 Å². The molecule has 1 saturated carbocycles. The average molecular weight is 248 g/mol. The topological polar surface area (TPSA) is 72.2 Å². The van der Waals surface area contributed by atoms with E-state index in [1.807, 2.05) is 0 Å². The van der Waals surface area contributed by atoms with Crippen molar-refractivity contribution in [2.45, 2.75) is 44.8 Å². The minimum atomic E-state index is -3.21. The van der Waals surface area contributed by atoms with Crippen molar-refractivity contribution >= 4 is 10.0 Å². The average Bonchev–Trinajstić information content (AvgIpc) is 2.60. The molecule has 1 rings (SSSR count). The van der Waals surface area contributed by atoms with Crippen molar-refractivity contribution in [2.24, 2.45) is 17.6 Å². The van der Waals surface area contributed by atoms with Crippen molar-refractivity contribution in [3.63, 3.8) is 0 Å². The molecule has 5 heteroatoms. The highest BCUT2D eigenvalue weighted by Crippen LogP contribution is 2.30. The number of rotatable bonds is 4. The van der Waals surface area contributed by atoms with E-state index in [0.29, 0.717) is 24.9 Å². The Morgan fingerprint density at radius 3 is 2.31 bits per heavy atom. The molecule has 0 saturated heterocycles. The van der Waals surface area contributed by atoms with Gasteiger partial charge in [-0.2, -0.15) is 0 Å². The second-order valence-corrected chi connectivity index (χ2v) is 8.17. The van der Waals surface area contributed by atoms with E-state index in [1.54, 1.807) is 20.8 Å². The van der Waals surface area contributed by atoms with Crippen LogP contribution in [0.5, 0.6) is 0 Å². The van der Waals surface area contributed by atoms with E-state index in [2.05, 4.69) is 4.72 Å². The first-order valence-corrected chi connectivity index (χ1v) is 7.45. The number of nitrogens with one attached hydrogen (secondary N) is 1. The number of hydrogen-bond donors (Lipinski definition) is 2. The maximum Gasteiger partial charge on any atom is 0.216 e. The normalized spacial score (nSPS) is 27.2. The minimum Gasteiger partial charge on any atom is -0.330 e. The van der Waals surface area contributed by atoms with Crippen molar-refractivity contribution in [1.82, 2.24) is 4.72 Å². The van der Waals surface area contributed by atoms with Gasteiger partial charge in [-0.1, -0.05) is 6.42 Å². The van der Waals surface area contributed by atoms with Crippen LogP contribution in [0.15, 0.2) is 0 Å². The molecule has 4 nitrogen and oxygen atoms in total.